The average Bonchev–Trinajstić information content (AvgIpc) is 2.92. The molecule has 0 heterocycles. The van der Waals surface area contributed by atoms with Crippen LogP contribution in [0.3, 0.4) is 0 Å². The Hall–Kier alpha value is -3.90. The number of likely N-dealkylation sites (N-methyl/N-ethyl adjacent to an activating group) is 1. The molecule has 4 aromatic carbocycles. The fourth-order valence-electron chi connectivity index (χ4n) is 3.76. The Morgan fingerprint density at radius 2 is 1.39 bits per heavy atom. The van der Waals surface area contributed by atoms with Crippen LogP contribution in [0.1, 0.15) is 21.5 Å². The molecule has 6 heteroatoms. The van der Waals surface area contributed by atoms with Gasteiger partial charge >= 0.3 is 0 Å². The maximum atomic E-state index is 13.5. The molecule has 1 atom stereocenters. The van der Waals surface area contributed by atoms with Crippen molar-refractivity contribution in [1.82, 2.24) is 5.32 Å². The second-order valence-electron chi connectivity index (χ2n) is 8.39. The Morgan fingerprint density at radius 1 is 0.806 bits per heavy atom. The second-order valence-corrected chi connectivity index (χ2v) is 9.44. The van der Waals surface area contributed by atoms with Crippen molar-refractivity contribution in [3.8, 4) is 0 Å². The first-order valence-electron chi connectivity index (χ1n) is 11.6. The number of rotatable bonds is 9. The van der Waals surface area contributed by atoms with Gasteiger partial charge in [0.1, 0.15) is 11.9 Å². The molecule has 0 aliphatic carbocycles. The second kappa shape index (κ2) is 12.2. The summed E-state index contributed by atoms with van der Waals surface area (Å²) in [5.41, 5.74) is 3.21. The molecule has 4 nitrogen and oxygen atoms in total. The Bertz CT molecular complexity index is 1280. The minimum atomic E-state index is -0.790. The summed E-state index contributed by atoms with van der Waals surface area (Å²) in [5, 5.41) is 2.84. The molecule has 4 rings (SSSR count). The fraction of sp³-hybridized carbons (Fsp3) is 0.133. The van der Waals surface area contributed by atoms with Crippen LogP contribution in [0.4, 0.5) is 10.1 Å². The molecule has 0 saturated heterocycles. The number of amides is 2. The highest BCUT2D eigenvalue weighted by atomic mass is 32.2. The van der Waals surface area contributed by atoms with Crippen molar-refractivity contribution >= 4 is 29.3 Å². The van der Waals surface area contributed by atoms with Gasteiger partial charge in [-0.05, 0) is 59.7 Å². The highest BCUT2D eigenvalue weighted by molar-refractivity contribution is 7.98. The molecule has 36 heavy (non-hydrogen) atoms. The van der Waals surface area contributed by atoms with Gasteiger partial charge in [0.25, 0.3) is 5.91 Å². The van der Waals surface area contributed by atoms with E-state index in [9.17, 15) is 14.0 Å². The van der Waals surface area contributed by atoms with Gasteiger partial charge in [-0.1, -0.05) is 60.7 Å². The van der Waals surface area contributed by atoms with E-state index < -0.39 is 17.8 Å². The molecule has 0 bridgehead atoms. The third kappa shape index (κ3) is 6.83. The third-order valence-electron chi connectivity index (χ3n) is 5.80. The lowest BCUT2D eigenvalue weighted by molar-refractivity contribution is -0.120. The first kappa shape index (κ1) is 25.2. The Morgan fingerprint density at radius 3 is 2.00 bits per heavy atom. The molecule has 0 radical (unpaired) electrons. The molecular weight excluding hydrogens is 471 g/mol. The van der Waals surface area contributed by atoms with E-state index in [1.807, 2.05) is 72.8 Å². The predicted molar refractivity (Wildman–Crippen MR) is 144 cm³/mol. The summed E-state index contributed by atoms with van der Waals surface area (Å²) in [7, 11) is 1.70. The number of benzene rings is 4. The van der Waals surface area contributed by atoms with E-state index in [1.165, 1.54) is 29.8 Å². The average molecular weight is 499 g/mol. The monoisotopic (exact) mass is 498 g/mol. The summed E-state index contributed by atoms with van der Waals surface area (Å²) >= 11 is 1.73. The lowest BCUT2D eigenvalue weighted by Crippen LogP contribution is -2.48. The number of carbonyl (C=O) groups excluding carboxylic acids is 2. The number of anilines is 1. The fourth-order valence-corrected chi connectivity index (χ4v) is 4.61. The summed E-state index contributed by atoms with van der Waals surface area (Å²) in [6.07, 6.45) is 0.335. The van der Waals surface area contributed by atoms with Crippen molar-refractivity contribution in [2.75, 3.05) is 11.9 Å². The summed E-state index contributed by atoms with van der Waals surface area (Å²) in [6, 6.07) is 32.1. The van der Waals surface area contributed by atoms with Gasteiger partial charge in [0.2, 0.25) is 5.91 Å². The summed E-state index contributed by atoms with van der Waals surface area (Å²) in [6.45, 7) is 0. The molecular formula is C30H27FN2O2S. The van der Waals surface area contributed by atoms with Gasteiger partial charge in [-0.3, -0.25) is 9.59 Å². The highest BCUT2D eigenvalue weighted by Crippen LogP contribution is 2.25. The topological polar surface area (TPSA) is 49.4 Å². The van der Waals surface area contributed by atoms with Gasteiger partial charge in [-0.15, -0.1) is 11.8 Å². The molecule has 0 unspecified atom stereocenters. The number of carbonyl (C=O) groups is 2. The SMILES string of the molecule is CN(C(=O)[C@H](Cc1ccccc1)NC(=O)c1ccc(F)cc1)c1ccc(SCc2ccccc2)cc1. The van der Waals surface area contributed by atoms with Crippen LogP contribution in [0.15, 0.2) is 114 Å². The van der Waals surface area contributed by atoms with E-state index >= 15 is 0 Å². The molecule has 0 spiro atoms. The van der Waals surface area contributed by atoms with Crippen LogP contribution in [0.5, 0.6) is 0 Å². The van der Waals surface area contributed by atoms with E-state index in [-0.39, 0.29) is 5.91 Å². The number of halogens is 1. The summed E-state index contributed by atoms with van der Waals surface area (Å²) in [4.78, 5) is 29.0. The van der Waals surface area contributed by atoms with Crippen molar-refractivity contribution in [2.45, 2.75) is 23.1 Å². The molecule has 0 aliphatic heterocycles. The Balaban J connectivity index is 1.47. The summed E-state index contributed by atoms with van der Waals surface area (Å²) in [5.74, 6) is -0.221. The van der Waals surface area contributed by atoms with Crippen molar-refractivity contribution in [1.29, 1.82) is 0 Å². The molecule has 4 aromatic rings. The van der Waals surface area contributed by atoms with Crippen LogP contribution >= 0.6 is 11.8 Å². The van der Waals surface area contributed by atoms with Gasteiger partial charge in [0, 0.05) is 35.4 Å². The summed E-state index contributed by atoms with van der Waals surface area (Å²) < 4.78 is 13.3. The zero-order chi connectivity index (χ0) is 25.3. The zero-order valence-corrected chi connectivity index (χ0v) is 20.8. The lowest BCUT2D eigenvalue weighted by atomic mass is 10.0. The Kier molecular flexibility index (Phi) is 8.53. The smallest absolute Gasteiger partial charge is 0.251 e. The molecule has 0 saturated carbocycles. The molecule has 2 amide bonds. The maximum absolute atomic E-state index is 13.5. The number of hydrogen-bond acceptors (Lipinski definition) is 3. The predicted octanol–water partition coefficient (Wildman–Crippen LogP) is 6.12. The number of hydrogen-bond donors (Lipinski definition) is 1. The first-order chi connectivity index (χ1) is 17.5. The Labute approximate surface area is 215 Å². The molecule has 182 valence electrons. The minimum absolute atomic E-state index is 0.237. The quantitative estimate of drug-likeness (QED) is 0.283. The minimum Gasteiger partial charge on any atom is -0.340 e. The molecule has 0 aliphatic rings. The largest absolute Gasteiger partial charge is 0.340 e. The van der Waals surface area contributed by atoms with Crippen LogP contribution in [0, 0.1) is 5.82 Å². The maximum Gasteiger partial charge on any atom is 0.251 e. The van der Waals surface area contributed by atoms with E-state index in [0.717, 1.165) is 21.9 Å². The molecule has 1 N–H and O–H groups in total. The number of nitrogens with zero attached hydrogens (tertiary/aromatic N) is 1. The third-order valence-corrected chi connectivity index (χ3v) is 6.88. The molecule has 0 fully saturated rings. The van der Waals surface area contributed by atoms with Crippen molar-refractivity contribution in [3.05, 3.63) is 132 Å². The van der Waals surface area contributed by atoms with Crippen LogP contribution in [0.25, 0.3) is 0 Å². The lowest BCUT2D eigenvalue weighted by Gasteiger charge is -2.25. The van der Waals surface area contributed by atoms with Crippen molar-refractivity contribution in [3.63, 3.8) is 0 Å². The van der Waals surface area contributed by atoms with Crippen LogP contribution in [0.2, 0.25) is 0 Å². The van der Waals surface area contributed by atoms with Crippen LogP contribution in [-0.4, -0.2) is 24.9 Å². The number of nitrogens with one attached hydrogen (secondary N) is 1. The zero-order valence-electron chi connectivity index (χ0n) is 19.9. The highest BCUT2D eigenvalue weighted by Gasteiger charge is 2.26. The van der Waals surface area contributed by atoms with Crippen molar-refractivity contribution in [2.24, 2.45) is 0 Å². The van der Waals surface area contributed by atoms with E-state index in [4.69, 9.17) is 0 Å². The first-order valence-corrected chi connectivity index (χ1v) is 12.6. The van der Waals surface area contributed by atoms with Crippen molar-refractivity contribution < 1.29 is 14.0 Å². The van der Waals surface area contributed by atoms with E-state index in [2.05, 4.69) is 17.4 Å². The van der Waals surface area contributed by atoms with Gasteiger partial charge in [0.05, 0.1) is 0 Å². The van der Waals surface area contributed by atoms with E-state index in [0.29, 0.717) is 12.0 Å². The van der Waals surface area contributed by atoms with Crippen LogP contribution in [-0.2, 0) is 17.0 Å². The van der Waals surface area contributed by atoms with Gasteiger partial charge < -0.3 is 10.2 Å². The van der Waals surface area contributed by atoms with Crippen LogP contribution < -0.4 is 10.2 Å². The van der Waals surface area contributed by atoms with Gasteiger partial charge in [-0.25, -0.2) is 4.39 Å². The van der Waals surface area contributed by atoms with Gasteiger partial charge in [-0.2, -0.15) is 0 Å². The molecule has 0 aromatic heterocycles. The van der Waals surface area contributed by atoms with Gasteiger partial charge in [0.15, 0.2) is 0 Å². The number of thioether (sulfide) groups is 1. The standard InChI is InChI=1S/C30H27FN2O2S/c1-33(26-16-18-27(19-17-26)36-21-23-10-6-3-7-11-23)30(35)28(20-22-8-4-2-5-9-22)32-29(34)24-12-14-25(31)15-13-24/h2-19,28H,20-21H2,1H3,(H,32,34)/t28-/m0/s1. The normalized spacial score (nSPS) is 11.5. The van der Waals surface area contributed by atoms with E-state index in [1.54, 1.807) is 23.7 Å².